The number of fused-ring (bicyclic) bond motifs is 1. The van der Waals surface area contributed by atoms with Crippen LogP contribution in [0.2, 0.25) is 0 Å². The topological polar surface area (TPSA) is 105 Å². The van der Waals surface area contributed by atoms with E-state index in [4.69, 9.17) is 9.47 Å². The van der Waals surface area contributed by atoms with E-state index in [1.807, 2.05) is 5.38 Å². The molecule has 3 rings (SSSR count). The lowest BCUT2D eigenvalue weighted by Crippen LogP contribution is -2.23. The molecule has 0 bridgehead atoms. The number of rotatable bonds is 7. The number of methoxy groups -OCH3 is 1. The van der Waals surface area contributed by atoms with E-state index in [1.54, 1.807) is 38.4 Å². The Kier molecular flexibility index (Phi) is 7.42. The second-order valence-electron chi connectivity index (χ2n) is 5.25. The van der Waals surface area contributed by atoms with Gasteiger partial charge in [0.05, 0.1) is 25.9 Å². The summed E-state index contributed by atoms with van der Waals surface area (Å²) in [5.41, 5.74) is 1.25. The van der Waals surface area contributed by atoms with Crippen molar-refractivity contribution in [3.63, 3.8) is 0 Å². The molecular formula is C17H19IN4O4S. The summed E-state index contributed by atoms with van der Waals surface area (Å²) in [6.07, 6.45) is 1.65. The number of benzene rings is 1. The van der Waals surface area contributed by atoms with E-state index < -0.39 is 5.97 Å². The third kappa shape index (κ3) is 4.89. The van der Waals surface area contributed by atoms with Crippen LogP contribution in [0.3, 0.4) is 0 Å². The second kappa shape index (κ2) is 9.55. The number of esters is 1. The maximum Gasteiger partial charge on any atom is 0.356 e. The second-order valence-corrected chi connectivity index (χ2v) is 6.14. The van der Waals surface area contributed by atoms with Crippen molar-refractivity contribution in [3.05, 3.63) is 35.5 Å². The summed E-state index contributed by atoms with van der Waals surface area (Å²) in [6, 6.07) is 5.29. The third-order valence-electron chi connectivity index (χ3n) is 3.58. The number of nitrogens with one attached hydrogen (secondary N) is 3. The molecule has 3 aromatic rings. The number of hydrogen-bond donors (Lipinski definition) is 3. The van der Waals surface area contributed by atoms with E-state index >= 15 is 0 Å². The molecule has 2 heterocycles. The Morgan fingerprint density at radius 2 is 2.15 bits per heavy atom. The Labute approximate surface area is 176 Å². The Bertz CT molecular complexity index is 927. The van der Waals surface area contributed by atoms with Gasteiger partial charge in [0.1, 0.15) is 11.4 Å². The monoisotopic (exact) mass is 502 g/mol. The zero-order valence-corrected chi connectivity index (χ0v) is 17.8. The van der Waals surface area contributed by atoms with Gasteiger partial charge in [-0.15, -0.1) is 35.3 Å². The first kappa shape index (κ1) is 21.0. The average Bonchev–Trinajstić information content (AvgIpc) is 3.28. The highest BCUT2D eigenvalue weighted by molar-refractivity contribution is 14.0. The van der Waals surface area contributed by atoms with Crippen LogP contribution in [-0.2, 0) is 9.53 Å². The van der Waals surface area contributed by atoms with E-state index in [0.29, 0.717) is 27.5 Å². The molecule has 2 aromatic heterocycles. The minimum atomic E-state index is -0.536. The fourth-order valence-electron chi connectivity index (χ4n) is 2.43. The van der Waals surface area contributed by atoms with Crippen LogP contribution in [0.15, 0.2) is 29.8 Å². The number of anilines is 2. The number of amides is 1. The zero-order valence-electron chi connectivity index (χ0n) is 14.7. The molecule has 8 nitrogen and oxygen atoms in total. The van der Waals surface area contributed by atoms with Gasteiger partial charge in [0.25, 0.3) is 0 Å². The molecule has 0 aliphatic carbocycles. The van der Waals surface area contributed by atoms with Crippen molar-refractivity contribution in [1.29, 1.82) is 0 Å². The molecule has 1 aromatic carbocycles. The molecule has 0 aliphatic rings. The Hall–Kier alpha value is -2.34. The van der Waals surface area contributed by atoms with E-state index in [1.165, 1.54) is 11.3 Å². The highest BCUT2D eigenvalue weighted by Crippen LogP contribution is 2.31. The van der Waals surface area contributed by atoms with Crippen LogP contribution in [0.1, 0.15) is 17.4 Å². The molecule has 0 saturated carbocycles. The van der Waals surface area contributed by atoms with Gasteiger partial charge in [-0.05, 0) is 25.1 Å². The first-order valence-corrected chi connectivity index (χ1v) is 8.80. The minimum absolute atomic E-state index is 0. The number of carbonyl (C=O) groups is 2. The lowest BCUT2D eigenvalue weighted by atomic mass is 10.2. The molecule has 10 heteroatoms. The third-order valence-corrected chi connectivity index (χ3v) is 4.31. The fourth-order valence-corrected chi connectivity index (χ4v) is 2.96. The summed E-state index contributed by atoms with van der Waals surface area (Å²) >= 11 is 1.40. The standard InChI is InChI=1S/C17H18N4O4S.HI/c1-3-25-16(23)15-14(11-8-10(24-2)4-5-12(11)20-15)21-13(22)9-19-17-18-6-7-26-17;/h4-8,20H,3,9H2,1-2H3,(H,18,19)(H,21,22);1H. The van der Waals surface area contributed by atoms with Crippen molar-refractivity contribution in [2.75, 3.05) is 30.9 Å². The zero-order chi connectivity index (χ0) is 18.5. The molecule has 0 radical (unpaired) electrons. The van der Waals surface area contributed by atoms with E-state index in [9.17, 15) is 9.59 Å². The summed E-state index contributed by atoms with van der Waals surface area (Å²) in [5, 5.41) is 8.82. The lowest BCUT2D eigenvalue weighted by molar-refractivity contribution is -0.114. The van der Waals surface area contributed by atoms with Crippen LogP contribution in [0, 0.1) is 0 Å². The fraction of sp³-hybridized carbons (Fsp3) is 0.235. The number of aromatic amines is 1. The Morgan fingerprint density at radius 3 is 2.81 bits per heavy atom. The van der Waals surface area contributed by atoms with Gasteiger partial charge < -0.3 is 25.1 Å². The lowest BCUT2D eigenvalue weighted by Gasteiger charge is -2.08. The molecule has 1 amide bonds. The number of nitrogens with zero attached hydrogens (tertiary/aromatic N) is 1. The van der Waals surface area contributed by atoms with Crippen LogP contribution in [0.5, 0.6) is 5.75 Å². The number of carbonyl (C=O) groups excluding carboxylic acids is 2. The maximum absolute atomic E-state index is 12.3. The number of hydrogen-bond acceptors (Lipinski definition) is 7. The van der Waals surface area contributed by atoms with Crippen molar-refractivity contribution in [3.8, 4) is 5.75 Å². The number of ether oxygens (including phenoxy) is 2. The summed E-state index contributed by atoms with van der Waals surface area (Å²) < 4.78 is 10.3. The first-order valence-electron chi connectivity index (χ1n) is 7.92. The summed E-state index contributed by atoms with van der Waals surface area (Å²) in [6.45, 7) is 1.97. The maximum atomic E-state index is 12.3. The minimum Gasteiger partial charge on any atom is -0.497 e. The Balaban J connectivity index is 0.00000261. The quantitative estimate of drug-likeness (QED) is 0.338. The van der Waals surface area contributed by atoms with Gasteiger partial charge in [0, 0.05) is 22.5 Å². The SMILES string of the molecule is CCOC(=O)c1[nH]c2ccc(OC)cc2c1NC(=O)CNc1nccs1.I. The summed E-state index contributed by atoms with van der Waals surface area (Å²) in [7, 11) is 1.55. The number of halogens is 1. The Morgan fingerprint density at radius 1 is 1.33 bits per heavy atom. The smallest absolute Gasteiger partial charge is 0.356 e. The molecule has 0 atom stereocenters. The van der Waals surface area contributed by atoms with Crippen molar-refractivity contribution in [2.45, 2.75) is 6.92 Å². The first-order chi connectivity index (χ1) is 12.6. The highest BCUT2D eigenvalue weighted by Gasteiger charge is 2.21. The van der Waals surface area contributed by atoms with E-state index in [-0.39, 0.29) is 48.7 Å². The molecule has 144 valence electrons. The normalized spacial score (nSPS) is 10.1. The van der Waals surface area contributed by atoms with Crippen molar-refractivity contribution in [1.82, 2.24) is 9.97 Å². The van der Waals surface area contributed by atoms with E-state index in [0.717, 1.165) is 0 Å². The molecule has 0 unspecified atom stereocenters. The van der Waals surface area contributed by atoms with Crippen LogP contribution in [0.25, 0.3) is 10.9 Å². The van der Waals surface area contributed by atoms with Gasteiger partial charge in [-0.2, -0.15) is 0 Å². The van der Waals surface area contributed by atoms with Crippen LogP contribution < -0.4 is 15.4 Å². The number of thiazole rings is 1. The molecule has 0 spiro atoms. The van der Waals surface area contributed by atoms with Gasteiger partial charge in [-0.3, -0.25) is 4.79 Å². The predicted molar refractivity (Wildman–Crippen MR) is 115 cm³/mol. The molecule has 0 saturated heterocycles. The molecule has 3 N–H and O–H groups in total. The molecule has 0 fully saturated rings. The summed E-state index contributed by atoms with van der Waals surface area (Å²) in [5.74, 6) is -0.233. The largest absolute Gasteiger partial charge is 0.497 e. The van der Waals surface area contributed by atoms with Gasteiger partial charge in [-0.25, -0.2) is 9.78 Å². The van der Waals surface area contributed by atoms with Gasteiger partial charge in [-0.1, -0.05) is 0 Å². The van der Waals surface area contributed by atoms with Gasteiger partial charge >= 0.3 is 5.97 Å². The predicted octanol–water partition coefficient (Wildman–Crippen LogP) is 3.48. The van der Waals surface area contributed by atoms with Crippen LogP contribution in [0.4, 0.5) is 10.8 Å². The molecule has 27 heavy (non-hydrogen) atoms. The average molecular weight is 502 g/mol. The molecule has 0 aliphatic heterocycles. The number of H-pyrrole nitrogens is 1. The molecular weight excluding hydrogens is 483 g/mol. The van der Waals surface area contributed by atoms with Gasteiger partial charge in [0.2, 0.25) is 5.91 Å². The van der Waals surface area contributed by atoms with Gasteiger partial charge in [0.15, 0.2) is 5.13 Å². The van der Waals surface area contributed by atoms with Crippen molar-refractivity contribution >= 4 is 68.9 Å². The van der Waals surface area contributed by atoms with Crippen molar-refractivity contribution in [2.24, 2.45) is 0 Å². The van der Waals surface area contributed by atoms with Crippen LogP contribution >= 0.6 is 35.3 Å². The summed E-state index contributed by atoms with van der Waals surface area (Å²) in [4.78, 5) is 31.7. The number of aromatic nitrogens is 2. The van der Waals surface area contributed by atoms with Crippen molar-refractivity contribution < 1.29 is 19.1 Å². The van der Waals surface area contributed by atoms with E-state index in [2.05, 4.69) is 20.6 Å². The van der Waals surface area contributed by atoms with Crippen LogP contribution in [-0.4, -0.2) is 42.1 Å². The highest BCUT2D eigenvalue weighted by atomic mass is 127.